The maximum atomic E-state index is 9.71. The van der Waals surface area contributed by atoms with E-state index in [2.05, 4.69) is 28.4 Å². The standard InChI is InChI=1S/C17H22N4O2/c1-4-23-9-14-20-15-16(21(14)8-10(2)3)12-6-5-11(22)7-13(12)19-17(15)18/h5-7,10,22H,4,8-9H2,1-3H3,(H2,18,19). The summed E-state index contributed by atoms with van der Waals surface area (Å²) in [6.45, 7) is 8.18. The molecule has 6 nitrogen and oxygen atoms in total. The van der Waals surface area contributed by atoms with Gasteiger partial charge in [0.15, 0.2) is 5.82 Å². The molecule has 122 valence electrons. The summed E-state index contributed by atoms with van der Waals surface area (Å²) < 4.78 is 7.72. The van der Waals surface area contributed by atoms with Crippen LogP contribution in [0.5, 0.6) is 5.75 Å². The Hall–Kier alpha value is -2.34. The largest absolute Gasteiger partial charge is 0.508 e. The molecule has 3 N–H and O–H groups in total. The molecule has 2 heterocycles. The first-order chi connectivity index (χ1) is 11.0. The quantitative estimate of drug-likeness (QED) is 0.756. The molecule has 0 saturated carbocycles. The number of benzene rings is 1. The highest BCUT2D eigenvalue weighted by molar-refractivity contribution is 6.06. The number of aromatic nitrogens is 3. The maximum Gasteiger partial charge on any atom is 0.152 e. The van der Waals surface area contributed by atoms with Crippen LogP contribution in [0.3, 0.4) is 0 Å². The molecule has 0 spiro atoms. The van der Waals surface area contributed by atoms with Gasteiger partial charge in [-0.3, -0.25) is 0 Å². The number of imidazole rings is 1. The van der Waals surface area contributed by atoms with Crippen molar-refractivity contribution < 1.29 is 9.84 Å². The van der Waals surface area contributed by atoms with Crippen molar-refractivity contribution >= 4 is 27.8 Å². The van der Waals surface area contributed by atoms with Gasteiger partial charge in [0, 0.05) is 24.6 Å². The van der Waals surface area contributed by atoms with Crippen LogP contribution in [-0.4, -0.2) is 26.2 Å². The van der Waals surface area contributed by atoms with E-state index < -0.39 is 0 Å². The third-order valence-corrected chi connectivity index (χ3v) is 3.75. The van der Waals surface area contributed by atoms with E-state index in [1.54, 1.807) is 12.1 Å². The van der Waals surface area contributed by atoms with Gasteiger partial charge in [-0.1, -0.05) is 13.8 Å². The van der Waals surface area contributed by atoms with E-state index in [1.165, 1.54) is 0 Å². The van der Waals surface area contributed by atoms with Gasteiger partial charge < -0.3 is 20.1 Å². The number of phenolic OH excluding ortho intramolecular Hbond substituents is 1. The highest BCUT2D eigenvalue weighted by Gasteiger charge is 2.18. The van der Waals surface area contributed by atoms with E-state index in [0.29, 0.717) is 36.0 Å². The molecule has 0 aliphatic heterocycles. The minimum atomic E-state index is 0.174. The van der Waals surface area contributed by atoms with Gasteiger partial charge in [0.25, 0.3) is 0 Å². The first kappa shape index (κ1) is 15.6. The zero-order chi connectivity index (χ0) is 16.6. The minimum absolute atomic E-state index is 0.174. The van der Waals surface area contributed by atoms with Crippen LogP contribution in [0.25, 0.3) is 21.9 Å². The number of nitrogens with two attached hydrogens (primary N) is 1. The Bertz CT molecular complexity index is 855. The molecule has 0 saturated heterocycles. The van der Waals surface area contributed by atoms with Crippen LogP contribution in [0.2, 0.25) is 0 Å². The van der Waals surface area contributed by atoms with Crippen molar-refractivity contribution in [2.24, 2.45) is 5.92 Å². The molecule has 23 heavy (non-hydrogen) atoms. The topological polar surface area (TPSA) is 86.2 Å². The third-order valence-electron chi connectivity index (χ3n) is 3.75. The van der Waals surface area contributed by atoms with Gasteiger partial charge in [0.05, 0.1) is 11.0 Å². The second-order valence-electron chi connectivity index (χ2n) is 6.07. The normalized spacial score (nSPS) is 11.8. The van der Waals surface area contributed by atoms with E-state index in [0.717, 1.165) is 23.3 Å². The number of ether oxygens (including phenoxy) is 1. The molecule has 0 radical (unpaired) electrons. The van der Waals surface area contributed by atoms with Crippen LogP contribution in [0.15, 0.2) is 18.2 Å². The molecule has 0 aliphatic carbocycles. The monoisotopic (exact) mass is 314 g/mol. The fourth-order valence-corrected chi connectivity index (χ4v) is 2.81. The molecule has 2 aromatic heterocycles. The van der Waals surface area contributed by atoms with Crippen molar-refractivity contribution in [1.29, 1.82) is 0 Å². The van der Waals surface area contributed by atoms with E-state index in [4.69, 9.17) is 10.5 Å². The number of fused-ring (bicyclic) bond motifs is 3. The van der Waals surface area contributed by atoms with Crippen molar-refractivity contribution in [3.8, 4) is 5.75 Å². The summed E-state index contributed by atoms with van der Waals surface area (Å²) in [4.78, 5) is 9.04. The summed E-state index contributed by atoms with van der Waals surface area (Å²) in [5, 5.41) is 10.6. The van der Waals surface area contributed by atoms with Crippen molar-refractivity contribution in [2.45, 2.75) is 33.9 Å². The summed E-state index contributed by atoms with van der Waals surface area (Å²) in [5.74, 6) is 1.85. The molecule has 0 atom stereocenters. The number of anilines is 1. The second kappa shape index (κ2) is 6.04. The summed E-state index contributed by atoms with van der Waals surface area (Å²) in [6, 6.07) is 5.15. The van der Waals surface area contributed by atoms with E-state index in [1.807, 2.05) is 13.0 Å². The van der Waals surface area contributed by atoms with E-state index >= 15 is 0 Å². The first-order valence-corrected chi connectivity index (χ1v) is 7.86. The minimum Gasteiger partial charge on any atom is -0.508 e. The van der Waals surface area contributed by atoms with Gasteiger partial charge in [-0.25, -0.2) is 9.97 Å². The predicted molar refractivity (Wildman–Crippen MR) is 91.3 cm³/mol. The molecule has 3 aromatic rings. The number of hydrogen-bond acceptors (Lipinski definition) is 5. The molecular weight excluding hydrogens is 292 g/mol. The number of rotatable bonds is 5. The molecule has 1 aromatic carbocycles. The number of aromatic hydroxyl groups is 1. The van der Waals surface area contributed by atoms with Gasteiger partial charge in [-0.15, -0.1) is 0 Å². The summed E-state index contributed by atoms with van der Waals surface area (Å²) >= 11 is 0. The lowest BCUT2D eigenvalue weighted by Gasteiger charge is -2.13. The Balaban J connectivity index is 2.33. The lowest BCUT2D eigenvalue weighted by Crippen LogP contribution is -2.10. The number of nitrogens with zero attached hydrogens (tertiary/aromatic N) is 3. The Morgan fingerprint density at radius 1 is 1.30 bits per heavy atom. The highest BCUT2D eigenvalue weighted by atomic mass is 16.5. The Morgan fingerprint density at radius 2 is 2.09 bits per heavy atom. The smallest absolute Gasteiger partial charge is 0.152 e. The molecule has 0 bridgehead atoms. The number of nitrogen functional groups attached to an aromatic ring is 1. The molecule has 3 rings (SSSR count). The van der Waals surface area contributed by atoms with Crippen molar-refractivity contribution in [2.75, 3.05) is 12.3 Å². The SMILES string of the molecule is CCOCc1nc2c(N)nc3cc(O)ccc3c2n1CC(C)C. The first-order valence-electron chi connectivity index (χ1n) is 7.86. The fraction of sp³-hybridized carbons (Fsp3) is 0.412. The summed E-state index contributed by atoms with van der Waals surface area (Å²) in [5.41, 5.74) is 8.42. The second-order valence-corrected chi connectivity index (χ2v) is 6.07. The van der Waals surface area contributed by atoms with Crippen LogP contribution in [0, 0.1) is 5.92 Å². The average molecular weight is 314 g/mol. The number of pyridine rings is 1. The van der Waals surface area contributed by atoms with Gasteiger partial charge in [-0.05, 0) is 25.0 Å². The zero-order valence-corrected chi connectivity index (χ0v) is 13.7. The van der Waals surface area contributed by atoms with Crippen LogP contribution in [-0.2, 0) is 17.9 Å². The van der Waals surface area contributed by atoms with Crippen LogP contribution in [0.4, 0.5) is 5.82 Å². The number of phenols is 1. The fourth-order valence-electron chi connectivity index (χ4n) is 2.81. The molecule has 6 heteroatoms. The Labute approximate surface area is 134 Å². The van der Waals surface area contributed by atoms with Crippen molar-refractivity contribution in [3.63, 3.8) is 0 Å². The lowest BCUT2D eigenvalue weighted by molar-refractivity contribution is 0.125. The van der Waals surface area contributed by atoms with E-state index in [-0.39, 0.29) is 5.75 Å². The third kappa shape index (κ3) is 2.82. The maximum absolute atomic E-state index is 9.71. The molecule has 0 fully saturated rings. The van der Waals surface area contributed by atoms with Crippen LogP contribution >= 0.6 is 0 Å². The van der Waals surface area contributed by atoms with Crippen molar-refractivity contribution in [1.82, 2.24) is 14.5 Å². The van der Waals surface area contributed by atoms with E-state index in [9.17, 15) is 5.11 Å². The van der Waals surface area contributed by atoms with Crippen LogP contribution in [0.1, 0.15) is 26.6 Å². The summed E-state index contributed by atoms with van der Waals surface area (Å²) in [6.07, 6.45) is 0. The van der Waals surface area contributed by atoms with Gasteiger partial charge >= 0.3 is 0 Å². The van der Waals surface area contributed by atoms with Gasteiger partial charge in [0.1, 0.15) is 23.7 Å². The predicted octanol–water partition coefficient (Wildman–Crippen LogP) is 3.06. The molecule has 0 aliphatic rings. The molecule has 0 amide bonds. The van der Waals surface area contributed by atoms with Gasteiger partial charge in [0.2, 0.25) is 0 Å². The number of hydrogen-bond donors (Lipinski definition) is 2. The molecular formula is C17H22N4O2. The molecule has 0 unspecified atom stereocenters. The average Bonchev–Trinajstić information content (AvgIpc) is 2.84. The van der Waals surface area contributed by atoms with Gasteiger partial charge in [-0.2, -0.15) is 0 Å². The zero-order valence-electron chi connectivity index (χ0n) is 13.7. The van der Waals surface area contributed by atoms with Crippen molar-refractivity contribution in [3.05, 3.63) is 24.0 Å². The summed E-state index contributed by atoms with van der Waals surface area (Å²) in [7, 11) is 0. The Morgan fingerprint density at radius 3 is 2.78 bits per heavy atom. The van der Waals surface area contributed by atoms with Crippen LogP contribution < -0.4 is 5.73 Å². The highest BCUT2D eigenvalue weighted by Crippen LogP contribution is 2.31. The lowest BCUT2D eigenvalue weighted by atomic mass is 10.1. The Kier molecular flexibility index (Phi) is 4.09.